The van der Waals surface area contributed by atoms with Crippen molar-refractivity contribution in [2.75, 3.05) is 0 Å². The standard InChI is InChI=1S/C55H34N4S/c1-3-16-36(17-4-1)53-56-54(37-18-5-2-6-19-37)58-55(57-53)59-48-32-31-35-15-7-8-24-42(35)50(48)47-29-13-26-43(51(47)59)40-22-11-20-38(33-40)39-21-12-23-41(34-39)44-27-14-28-46-45-25-9-10-30-49(45)60-52(44)46/h1-34H. The van der Waals surface area contributed by atoms with E-state index in [-0.39, 0.29) is 0 Å². The van der Waals surface area contributed by atoms with Crippen LogP contribution < -0.4 is 0 Å². The Morgan fingerprint density at radius 3 is 1.62 bits per heavy atom. The second-order valence-electron chi connectivity index (χ2n) is 15.2. The average Bonchev–Trinajstić information content (AvgIpc) is 3.89. The summed E-state index contributed by atoms with van der Waals surface area (Å²) in [7, 11) is 0. The van der Waals surface area contributed by atoms with Gasteiger partial charge < -0.3 is 0 Å². The quantitative estimate of drug-likeness (QED) is 0.169. The number of rotatable bonds is 6. The highest BCUT2D eigenvalue weighted by Crippen LogP contribution is 2.43. The minimum Gasteiger partial charge on any atom is -0.277 e. The van der Waals surface area contributed by atoms with Crippen molar-refractivity contribution in [1.29, 1.82) is 0 Å². The van der Waals surface area contributed by atoms with Crippen molar-refractivity contribution in [3.63, 3.8) is 0 Å². The van der Waals surface area contributed by atoms with Crippen molar-refractivity contribution in [3.8, 4) is 62.1 Å². The van der Waals surface area contributed by atoms with Crippen LogP contribution in [-0.2, 0) is 0 Å². The third-order valence-corrected chi connectivity index (χ3v) is 12.9. The van der Waals surface area contributed by atoms with Gasteiger partial charge in [-0.25, -0.2) is 4.98 Å². The third kappa shape index (κ3) is 5.63. The highest BCUT2D eigenvalue weighted by atomic mass is 32.1. The summed E-state index contributed by atoms with van der Waals surface area (Å²) in [4.78, 5) is 15.6. The maximum Gasteiger partial charge on any atom is 0.238 e. The molecule has 0 unspecified atom stereocenters. The summed E-state index contributed by atoms with van der Waals surface area (Å²) < 4.78 is 4.89. The van der Waals surface area contributed by atoms with E-state index in [1.54, 1.807) is 0 Å². The Hall–Kier alpha value is -7.73. The van der Waals surface area contributed by atoms with Gasteiger partial charge in [0.25, 0.3) is 0 Å². The fourth-order valence-corrected chi connectivity index (χ4v) is 10.1. The first-order chi connectivity index (χ1) is 29.7. The van der Waals surface area contributed by atoms with Gasteiger partial charge in [-0.2, -0.15) is 9.97 Å². The van der Waals surface area contributed by atoms with Gasteiger partial charge in [0.1, 0.15) is 0 Å². The van der Waals surface area contributed by atoms with Gasteiger partial charge in [-0.15, -0.1) is 11.3 Å². The fourth-order valence-electron chi connectivity index (χ4n) is 8.88. The van der Waals surface area contributed by atoms with E-state index in [1.165, 1.54) is 53.0 Å². The number of nitrogens with zero attached hydrogens (tertiary/aromatic N) is 4. The smallest absolute Gasteiger partial charge is 0.238 e. The molecule has 0 saturated heterocycles. The molecule has 60 heavy (non-hydrogen) atoms. The van der Waals surface area contributed by atoms with Crippen molar-refractivity contribution in [1.82, 2.24) is 19.5 Å². The molecule has 0 aliphatic heterocycles. The number of thiophene rings is 1. The summed E-state index contributed by atoms with van der Waals surface area (Å²) >= 11 is 1.87. The molecule has 9 aromatic carbocycles. The maximum absolute atomic E-state index is 5.27. The van der Waals surface area contributed by atoms with Gasteiger partial charge in [-0.3, -0.25) is 4.57 Å². The predicted octanol–water partition coefficient (Wildman–Crippen LogP) is 14.8. The zero-order chi connectivity index (χ0) is 39.6. The molecule has 0 saturated carbocycles. The molecular formula is C55H34N4S. The second kappa shape index (κ2) is 14.0. The molecule has 12 rings (SSSR count). The molecule has 0 bridgehead atoms. The van der Waals surface area contributed by atoms with Crippen molar-refractivity contribution >= 4 is 64.1 Å². The van der Waals surface area contributed by atoms with Gasteiger partial charge in [0.15, 0.2) is 11.6 Å². The van der Waals surface area contributed by atoms with Crippen LogP contribution in [0.15, 0.2) is 206 Å². The predicted molar refractivity (Wildman–Crippen MR) is 252 cm³/mol. The van der Waals surface area contributed by atoms with Crippen molar-refractivity contribution < 1.29 is 0 Å². The van der Waals surface area contributed by atoms with E-state index in [1.807, 2.05) is 47.7 Å². The highest BCUT2D eigenvalue weighted by molar-refractivity contribution is 7.26. The normalized spacial score (nSPS) is 11.7. The molecule has 0 atom stereocenters. The highest BCUT2D eigenvalue weighted by Gasteiger charge is 2.22. The van der Waals surface area contributed by atoms with E-state index in [0.717, 1.165) is 44.2 Å². The van der Waals surface area contributed by atoms with Crippen LogP contribution >= 0.6 is 11.3 Å². The first-order valence-electron chi connectivity index (χ1n) is 20.2. The fraction of sp³-hybridized carbons (Fsp3) is 0. The summed E-state index contributed by atoms with van der Waals surface area (Å²) in [5, 5.41) is 7.32. The Kier molecular flexibility index (Phi) is 8.00. The van der Waals surface area contributed by atoms with Crippen LogP contribution in [0.3, 0.4) is 0 Å². The monoisotopic (exact) mass is 782 g/mol. The molecule has 12 aromatic rings. The lowest BCUT2D eigenvalue weighted by molar-refractivity contribution is 0.954. The van der Waals surface area contributed by atoms with Gasteiger partial charge in [-0.05, 0) is 62.9 Å². The third-order valence-electron chi connectivity index (χ3n) is 11.6. The molecule has 0 N–H and O–H groups in total. The summed E-state index contributed by atoms with van der Waals surface area (Å²) in [5.41, 5.74) is 11.0. The lowest BCUT2D eigenvalue weighted by atomic mass is 9.95. The number of aromatic nitrogens is 4. The van der Waals surface area contributed by atoms with Gasteiger partial charge in [-0.1, -0.05) is 182 Å². The van der Waals surface area contributed by atoms with Crippen LogP contribution in [0.1, 0.15) is 0 Å². The van der Waals surface area contributed by atoms with Crippen LogP contribution in [0.5, 0.6) is 0 Å². The minimum absolute atomic E-state index is 0.574. The number of benzene rings is 9. The van der Waals surface area contributed by atoms with E-state index >= 15 is 0 Å². The molecule has 0 amide bonds. The zero-order valence-corrected chi connectivity index (χ0v) is 33.1. The molecule has 0 radical (unpaired) electrons. The van der Waals surface area contributed by atoms with E-state index in [0.29, 0.717) is 17.6 Å². The number of para-hydroxylation sites is 1. The van der Waals surface area contributed by atoms with Crippen molar-refractivity contribution in [2.45, 2.75) is 0 Å². The van der Waals surface area contributed by atoms with Crippen LogP contribution in [0.4, 0.5) is 0 Å². The van der Waals surface area contributed by atoms with Crippen LogP contribution in [-0.4, -0.2) is 19.5 Å². The minimum atomic E-state index is 0.574. The summed E-state index contributed by atoms with van der Waals surface area (Å²) in [6.07, 6.45) is 0. The van der Waals surface area contributed by atoms with Crippen molar-refractivity contribution in [2.24, 2.45) is 0 Å². The van der Waals surface area contributed by atoms with Gasteiger partial charge in [0, 0.05) is 47.6 Å². The second-order valence-corrected chi connectivity index (χ2v) is 16.2. The van der Waals surface area contributed by atoms with Crippen molar-refractivity contribution in [3.05, 3.63) is 206 Å². The Morgan fingerprint density at radius 1 is 0.367 bits per heavy atom. The molecule has 0 aliphatic rings. The molecule has 0 spiro atoms. The van der Waals surface area contributed by atoms with E-state index in [2.05, 4.69) is 174 Å². The first kappa shape index (κ1) is 34.3. The average molecular weight is 783 g/mol. The lowest BCUT2D eigenvalue weighted by Gasteiger charge is -2.14. The van der Waals surface area contributed by atoms with Crippen LogP contribution in [0.2, 0.25) is 0 Å². The van der Waals surface area contributed by atoms with Gasteiger partial charge in [0.2, 0.25) is 5.95 Å². The molecule has 0 aliphatic carbocycles. The summed E-state index contributed by atoms with van der Waals surface area (Å²) in [6, 6.07) is 73.4. The molecule has 0 fully saturated rings. The molecule has 3 heterocycles. The van der Waals surface area contributed by atoms with E-state index < -0.39 is 0 Å². The lowest BCUT2D eigenvalue weighted by Crippen LogP contribution is -2.07. The SMILES string of the molecule is c1ccc(-c2nc(-c3ccccc3)nc(-n3c4ccc5ccccc5c4c4cccc(-c5cccc(-c6cccc(-c7cccc8c7sc7ccccc78)c6)c5)c43)n2)cc1. The molecule has 4 nitrogen and oxygen atoms in total. The molecule has 5 heteroatoms. The summed E-state index contributed by atoms with van der Waals surface area (Å²) in [6.45, 7) is 0. The molecule has 280 valence electrons. The largest absolute Gasteiger partial charge is 0.277 e. The van der Waals surface area contributed by atoms with Gasteiger partial charge in [0.05, 0.1) is 11.0 Å². The Balaban J connectivity index is 1.08. The van der Waals surface area contributed by atoms with E-state index in [4.69, 9.17) is 15.0 Å². The Labute approximate surface area is 350 Å². The first-order valence-corrected chi connectivity index (χ1v) is 21.0. The Bertz CT molecular complexity index is 3550. The molecular weight excluding hydrogens is 749 g/mol. The van der Waals surface area contributed by atoms with E-state index in [9.17, 15) is 0 Å². The Morgan fingerprint density at radius 2 is 0.900 bits per heavy atom. The van der Waals surface area contributed by atoms with Crippen LogP contribution in [0.25, 0.3) is 115 Å². The number of hydrogen-bond acceptors (Lipinski definition) is 4. The van der Waals surface area contributed by atoms with Crippen LogP contribution in [0, 0.1) is 0 Å². The number of hydrogen-bond donors (Lipinski definition) is 0. The summed E-state index contributed by atoms with van der Waals surface area (Å²) in [5.74, 6) is 1.83. The molecule has 3 aromatic heterocycles. The maximum atomic E-state index is 5.27. The number of fused-ring (bicyclic) bond motifs is 8. The topological polar surface area (TPSA) is 43.6 Å². The zero-order valence-electron chi connectivity index (χ0n) is 32.3. The van der Waals surface area contributed by atoms with Gasteiger partial charge >= 0.3 is 0 Å².